The molecule has 4 nitrogen and oxygen atoms in total. The zero-order valence-electron chi connectivity index (χ0n) is 10.1. The average molecular weight is 281 g/mol. The number of alkyl halides is 3. The van der Waals surface area contributed by atoms with Gasteiger partial charge in [0.2, 0.25) is 0 Å². The van der Waals surface area contributed by atoms with Crippen molar-refractivity contribution in [3.8, 4) is 0 Å². The van der Waals surface area contributed by atoms with Crippen LogP contribution in [0.5, 0.6) is 0 Å². The number of nitrogen functional groups attached to an aromatic ring is 1. The van der Waals surface area contributed by atoms with Gasteiger partial charge in [-0.1, -0.05) is 12.1 Å². The number of amides is 1. The van der Waals surface area contributed by atoms with Crippen molar-refractivity contribution in [2.75, 3.05) is 11.1 Å². The smallest absolute Gasteiger partial charge is 0.384 e. The number of carbonyl (C=O) groups is 1. The number of nitrogens with one attached hydrogen (secondary N) is 1. The van der Waals surface area contributed by atoms with Crippen molar-refractivity contribution >= 4 is 17.4 Å². The van der Waals surface area contributed by atoms with E-state index in [1.807, 2.05) is 0 Å². The highest BCUT2D eigenvalue weighted by atomic mass is 19.4. The minimum Gasteiger partial charge on any atom is -0.384 e. The lowest BCUT2D eigenvalue weighted by Gasteiger charge is -2.12. The van der Waals surface area contributed by atoms with Gasteiger partial charge in [-0.3, -0.25) is 4.79 Å². The second-order valence-corrected chi connectivity index (χ2v) is 3.97. The molecule has 20 heavy (non-hydrogen) atoms. The molecule has 0 unspecified atom stereocenters. The van der Waals surface area contributed by atoms with Crippen molar-refractivity contribution in [1.82, 2.24) is 4.98 Å². The van der Waals surface area contributed by atoms with E-state index in [0.29, 0.717) is 0 Å². The first-order valence-corrected chi connectivity index (χ1v) is 5.57. The van der Waals surface area contributed by atoms with Crippen LogP contribution >= 0.6 is 0 Å². The molecule has 3 N–H and O–H groups in total. The Morgan fingerprint density at radius 1 is 1.15 bits per heavy atom. The molecular weight excluding hydrogens is 271 g/mol. The molecule has 104 valence electrons. The molecule has 1 aromatic carbocycles. The number of benzene rings is 1. The maximum absolute atomic E-state index is 12.8. The molecule has 1 amide bonds. The third kappa shape index (κ3) is 3.05. The molecule has 0 atom stereocenters. The average Bonchev–Trinajstić information content (AvgIpc) is 2.40. The van der Waals surface area contributed by atoms with Gasteiger partial charge in [-0.05, 0) is 24.3 Å². The van der Waals surface area contributed by atoms with Crippen LogP contribution in [-0.2, 0) is 6.18 Å². The molecule has 0 bridgehead atoms. The zero-order chi connectivity index (χ0) is 14.8. The Morgan fingerprint density at radius 2 is 1.85 bits per heavy atom. The van der Waals surface area contributed by atoms with E-state index < -0.39 is 23.2 Å². The monoisotopic (exact) mass is 281 g/mol. The molecule has 0 spiro atoms. The van der Waals surface area contributed by atoms with Crippen molar-refractivity contribution in [2.24, 2.45) is 0 Å². The zero-order valence-corrected chi connectivity index (χ0v) is 10.1. The number of pyridine rings is 1. The Bertz CT molecular complexity index is 624. The first-order chi connectivity index (χ1) is 9.38. The van der Waals surface area contributed by atoms with Gasteiger partial charge in [-0.15, -0.1) is 0 Å². The van der Waals surface area contributed by atoms with Crippen molar-refractivity contribution < 1.29 is 18.0 Å². The quantitative estimate of drug-likeness (QED) is 0.889. The van der Waals surface area contributed by atoms with Crippen LogP contribution in [0.15, 0.2) is 42.6 Å². The van der Waals surface area contributed by atoms with E-state index in [4.69, 9.17) is 5.73 Å². The standard InChI is InChI=1S/C13H10F3N3O/c14-13(15,16)10-4-2-1-3-9(10)12(20)19-8-5-6-11(17)18-7-8/h1-7H,(H2,17,18)(H,19,20). The predicted octanol–water partition coefficient (Wildman–Crippen LogP) is 2.93. The Balaban J connectivity index is 2.28. The molecule has 0 saturated heterocycles. The molecule has 0 fully saturated rings. The molecule has 0 aliphatic carbocycles. The maximum atomic E-state index is 12.8. The van der Waals surface area contributed by atoms with Gasteiger partial charge in [0.15, 0.2) is 0 Å². The molecule has 1 heterocycles. The topological polar surface area (TPSA) is 68.0 Å². The highest BCUT2D eigenvalue weighted by molar-refractivity contribution is 6.05. The van der Waals surface area contributed by atoms with Crippen LogP contribution < -0.4 is 11.1 Å². The van der Waals surface area contributed by atoms with Gasteiger partial charge in [0.1, 0.15) is 5.82 Å². The Morgan fingerprint density at radius 3 is 2.45 bits per heavy atom. The summed E-state index contributed by atoms with van der Waals surface area (Å²) < 4.78 is 38.4. The van der Waals surface area contributed by atoms with E-state index in [1.165, 1.54) is 30.5 Å². The summed E-state index contributed by atoms with van der Waals surface area (Å²) in [5.74, 6) is -0.608. The Labute approximate surface area is 112 Å². The molecule has 2 aromatic rings. The number of halogens is 3. The fourth-order valence-electron chi connectivity index (χ4n) is 1.61. The number of anilines is 2. The minimum absolute atomic E-state index is 0.249. The summed E-state index contributed by atoms with van der Waals surface area (Å²) >= 11 is 0. The molecule has 2 rings (SSSR count). The summed E-state index contributed by atoms with van der Waals surface area (Å²) in [6, 6.07) is 7.45. The number of nitrogens with zero attached hydrogens (tertiary/aromatic N) is 1. The highest BCUT2D eigenvalue weighted by Crippen LogP contribution is 2.32. The summed E-state index contributed by atoms with van der Waals surface area (Å²) in [6.07, 6.45) is -3.32. The van der Waals surface area contributed by atoms with Gasteiger partial charge in [0.25, 0.3) is 5.91 Å². The van der Waals surface area contributed by atoms with E-state index >= 15 is 0 Å². The summed E-state index contributed by atoms with van der Waals surface area (Å²) in [5.41, 5.74) is 4.21. The summed E-state index contributed by atoms with van der Waals surface area (Å²) in [4.78, 5) is 15.6. The van der Waals surface area contributed by atoms with E-state index in [0.717, 1.165) is 12.1 Å². The number of rotatable bonds is 2. The minimum atomic E-state index is -4.59. The molecular formula is C13H10F3N3O. The molecule has 0 aliphatic rings. The van der Waals surface area contributed by atoms with E-state index in [9.17, 15) is 18.0 Å². The number of aromatic nitrogens is 1. The molecule has 0 radical (unpaired) electrons. The van der Waals surface area contributed by atoms with Crippen LogP contribution in [0.2, 0.25) is 0 Å². The maximum Gasteiger partial charge on any atom is 0.417 e. The number of hydrogen-bond donors (Lipinski definition) is 2. The third-order valence-corrected chi connectivity index (χ3v) is 2.52. The molecule has 0 aliphatic heterocycles. The Kier molecular flexibility index (Phi) is 3.60. The number of nitrogens with two attached hydrogens (primary N) is 1. The molecule has 7 heteroatoms. The third-order valence-electron chi connectivity index (χ3n) is 2.52. The van der Waals surface area contributed by atoms with E-state index in [1.54, 1.807) is 0 Å². The first kappa shape index (κ1) is 13.9. The van der Waals surface area contributed by atoms with Crippen molar-refractivity contribution in [2.45, 2.75) is 6.18 Å². The van der Waals surface area contributed by atoms with Gasteiger partial charge in [-0.2, -0.15) is 13.2 Å². The lowest BCUT2D eigenvalue weighted by Crippen LogP contribution is -2.18. The largest absolute Gasteiger partial charge is 0.417 e. The fraction of sp³-hybridized carbons (Fsp3) is 0.0769. The normalized spacial score (nSPS) is 11.2. The second kappa shape index (κ2) is 5.20. The summed E-state index contributed by atoms with van der Waals surface area (Å²) in [7, 11) is 0. The van der Waals surface area contributed by atoms with E-state index in [-0.39, 0.29) is 11.5 Å². The predicted molar refractivity (Wildman–Crippen MR) is 68.0 cm³/mol. The summed E-state index contributed by atoms with van der Waals surface area (Å²) in [5, 5.41) is 2.34. The van der Waals surface area contributed by atoms with Crippen LogP contribution in [0.4, 0.5) is 24.7 Å². The van der Waals surface area contributed by atoms with Crippen molar-refractivity contribution in [1.29, 1.82) is 0 Å². The molecule has 1 aromatic heterocycles. The van der Waals surface area contributed by atoms with Crippen LogP contribution in [0.1, 0.15) is 15.9 Å². The number of carbonyl (C=O) groups excluding carboxylic acids is 1. The summed E-state index contributed by atoms with van der Waals surface area (Å²) in [6.45, 7) is 0. The van der Waals surface area contributed by atoms with Gasteiger partial charge in [0, 0.05) is 0 Å². The van der Waals surface area contributed by atoms with Crippen molar-refractivity contribution in [3.05, 3.63) is 53.7 Å². The lowest BCUT2D eigenvalue weighted by atomic mass is 10.1. The lowest BCUT2D eigenvalue weighted by molar-refractivity contribution is -0.137. The SMILES string of the molecule is Nc1ccc(NC(=O)c2ccccc2C(F)(F)F)cn1. The van der Waals surface area contributed by atoms with Crippen molar-refractivity contribution in [3.63, 3.8) is 0 Å². The van der Waals surface area contributed by atoms with Gasteiger partial charge < -0.3 is 11.1 Å². The van der Waals surface area contributed by atoms with Crippen LogP contribution in [-0.4, -0.2) is 10.9 Å². The number of hydrogen-bond acceptors (Lipinski definition) is 3. The van der Waals surface area contributed by atoms with Gasteiger partial charge in [-0.25, -0.2) is 4.98 Å². The highest BCUT2D eigenvalue weighted by Gasteiger charge is 2.34. The van der Waals surface area contributed by atoms with Crippen LogP contribution in [0.3, 0.4) is 0 Å². The Hall–Kier alpha value is -2.57. The second-order valence-electron chi connectivity index (χ2n) is 3.97. The van der Waals surface area contributed by atoms with Gasteiger partial charge >= 0.3 is 6.18 Å². The fourth-order valence-corrected chi connectivity index (χ4v) is 1.61. The van der Waals surface area contributed by atoms with Crippen LogP contribution in [0.25, 0.3) is 0 Å². The van der Waals surface area contributed by atoms with E-state index in [2.05, 4.69) is 10.3 Å². The van der Waals surface area contributed by atoms with Crippen LogP contribution in [0, 0.1) is 0 Å². The van der Waals surface area contributed by atoms with Gasteiger partial charge in [0.05, 0.1) is 23.0 Å². The molecule has 0 saturated carbocycles. The first-order valence-electron chi connectivity index (χ1n) is 5.57.